The highest BCUT2D eigenvalue weighted by Crippen LogP contribution is 1.47. The van der Waals surface area contributed by atoms with Gasteiger partial charge in [-0.1, -0.05) is 13.8 Å². The molecule has 0 heterocycles. The molecule has 0 radical (unpaired) electrons. The molecule has 1 N–H and O–H groups in total. The molecular weight excluding hydrogens is 122 g/mol. The van der Waals surface area contributed by atoms with Gasteiger partial charge in [0.05, 0.1) is 0 Å². The second kappa shape index (κ2) is 28.1. The van der Waals surface area contributed by atoms with Crippen LogP contribution in [-0.4, -0.2) is 13.1 Å². The van der Waals surface area contributed by atoms with Crippen LogP contribution < -0.4 is 5.32 Å². The first-order chi connectivity index (χ1) is 3.41. The van der Waals surface area contributed by atoms with Crippen molar-refractivity contribution in [1.29, 1.82) is 0 Å². The van der Waals surface area contributed by atoms with Gasteiger partial charge in [-0.3, -0.25) is 0 Å². The number of rotatable bonds is 2. The first-order valence-corrected chi connectivity index (χ1v) is 2.62. The van der Waals surface area contributed by atoms with Crippen LogP contribution in [0.2, 0.25) is 0 Å². The zero-order chi connectivity index (χ0) is 6.12. The molecule has 0 fully saturated rings. The van der Waals surface area contributed by atoms with E-state index in [-0.39, 0.29) is 12.4 Å². The molecule has 0 aliphatic carbocycles. The van der Waals surface area contributed by atoms with Crippen molar-refractivity contribution in [2.75, 3.05) is 13.1 Å². The molecule has 0 atom stereocenters. The summed E-state index contributed by atoms with van der Waals surface area (Å²) in [5.41, 5.74) is 0. The molecule has 0 saturated carbocycles. The fourth-order valence-corrected chi connectivity index (χ4v) is 0.250. The van der Waals surface area contributed by atoms with Crippen LogP contribution in [0.15, 0.2) is 13.2 Å². The maximum Gasteiger partial charge on any atom is -0.00775 e. The van der Waals surface area contributed by atoms with Crippen molar-refractivity contribution in [2.24, 2.45) is 0 Å². The smallest absolute Gasteiger partial charge is 0.00775 e. The van der Waals surface area contributed by atoms with Gasteiger partial charge >= 0.3 is 0 Å². The van der Waals surface area contributed by atoms with Crippen molar-refractivity contribution in [3.05, 3.63) is 13.2 Å². The molecule has 0 unspecified atom stereocenters. The minimum absolute atomic E-state index is 0. The summed E-state index contributed by atoms with van der Waals surface area (Å²) >= 11 is 0. The minimum atomic E-state index is 0. The van der Waals surface area contributed by atoms with Crippen LogP contribution in [0.1, 0.15) is 13.8 Å². The van der Waals surface area contributed by atoms with Crippen molar-refractivity contribution < 1.29 is 0 Å². The highest BCUT2D eigenvalue weighted by atomic mass is 35.5. The van der Waals surface area contributed by atoms with E-state index in [0.717, 1.165) is 13.1 Å². The number of hydrogen-bond donors (Lipinski definition) is 1. The Morgan fingerprint density at radius 1 is 1.12 bits per heavy atom. The van der Waals surface area contributed by atoms with Crippen LogP contribution in [0.25, 0.3) is 0 Å². The van der Waals surface area contributed by atoms with E-state index in [2.05, 4.69) is 32.3 Å². The Morgan fingerprint density at radius 2 is 1.38 bits per heavy atom. The van der Waals surface area contributed by atoms with E-state index < -0.39 is 0 Å². The van der Waals surface area contributed by atoms with Gasteiger partial charge in [-0.05, 0) is 13.1 Å². The molecular formula is C6H16ClN. The van der Waals surface area contributed by atoms with E-state index in [1.807, 2.05) is 0 Å². The summed E-state index contributed by atoms with van der Waals surface area (Å²) < 4.78 is 0. The van der Waals surface area contributed by atoms with E-state index in [1.54, 1.807) is 0 Å². The molecule has 2 heteroatoms. The maximum absolute atomic E-state index is 3.11. The van der Waals surface area contributed by atoms with E-state index in [9.17, 15) is 0 Å². The average molecular weight is 138 g/mol. The second-order valence-electron chi connectivity index (χ2n) is 0.957. The zero-order valence-electron chi connectivity index (χ0n) is 5.74. The second-order valence-corrected chi connectivity index (χ2v) is 0.957. The van der Waals surface area contributed by atoms with Crippen LogP contribution in [0.5, 0.6) is 0 Å². The molecule has 0 aromatic carbocycles. The monoisotopic (exact) mass is 137 g/mol. The van der Waals surface area contributed by atoms with Crippen molar-refractivity contribution >= 4 is 12.4 Å². The highest BCUT2D eigenvalue weighted by molar-refractivity contribution is 5.85. The number of nitrogens with one attached hydrogen (secondary N) is 1. The van der Waals surface area contributed by atoms with Gasteiger partial charge in [0.2, 0.25) is 0 Å². The van der Waals surface area contributed by atoms with E-state index in [4.69, 9.17) is 0 Å². The van der Waals surface area contributed by atoms with Gasteiger partial charge in [0, 0.05) is 0 Å². The van der Waals surface area contributed by atoms with Gasteiger partial charge in [-0.2, -0.15) is 0 Å². The minimum Gasteiger partial charge on any atom is -0.317 e. The zero-order valence-corrected chi connectivity index (χ0v) is 6.55. The first kappa shape index (κ1) is 15.7. The molecule has 0 aromatic heterocycles. The molecule has 0 aliphatic rings. The van der Waals surface area contributed by atoms with Crippen molar-refractivity contribution in [2.45, 2.75) is 13.8 Å². The molecule has 0 amide bonds. The fraction of sp³-hybridized carbons (Fsp3) is 0.667. The Hall–Kier alpha value is -0.0100. The van der Waals surface area contributed by atoms with E-state index >= 15 is 0 Å². The summed E-state index contributed by atoms with van der Waals surface area (Å²) in [7, 11) is 0. The fourth-order valence-electron chi connectivity index (χ4n) is 0.250. The summed E-state index contributed by atoms with van der Waals surface area (Å²) in [5, 5.41) is 3.11. The molecule has 1 nitrogen and oxygen atoms in total. The molecule has 0 rings (SSSR count). The lowest BCUT2D eigenvalue weighted by Gasteiger charge is -1.86. The van der Waals surface area contributed by atoms with Gasteiger partial charge < -0.3 is 5.32 Å². The first-order valence-electron chi connectivity index (χ1n) is 2.62. The van der Waals surface area contributed by atoms with Crippen LogP contribution in [0, 0.1) is 0 Å². The van der Waals surface area contributed by atoms with Crippen molar-refractivity contribution in [1.82, 2.24) is 5.32 Å². The third kappa shape index (κ3) is 37.7. The lowest BCUT2D eigenvalue weighted by molar-refractivity contribution is 0.762. The maximum atomic E-state index is 3.11. The van der Waals surface area contributed by atoms with Gasteiger partial charge in [0.15, 0.2) is 0 Å². The lowest BCUT2D eigenvalue weighted by Crippen LogP contribution is -2.09. The van der Waals surface area contributed by atoms with Gasteiger partial charge in [0.25, 0.3) is 0 Å². The lowest BCUT2D eigenvalue weighted by atomic mass is 10.7. The van der Waals surface area contributed by atoms with Crippen LogP contribution in [0.4, 0.5) is 0 Å². The summed E-state index contributed by atoms with van der Waals surface area (Å²) in [4.78, 5) is 0. The van der Waals surface area contributed by atoms with Crippen molar-refractivity contribution in [3.8, 4) is 0 Å². The molecule has 8 heavy (non-hydrogen) atoms. The summed E-state index contributed by atoms with van der Waals surface area (Å²) in [6, 6.07) is 0. The van der Waals surface area contributed by atoms with E-state index in [1.165, 1.54) is 0 Å². The van der Waals surface area contributed by atoms with Crippen LogP contribution in [-0.2, 0) is 0 Å². The molecule has 0 spiro atoms. The van der Waals surface area contributed by atoms with Gasteiger partial charge in [-0.15, -0.1) is 25.6 Å². The Balaban J connectivity index is -0.0000000750. The molecule has 0 bridgehead atoms. The number of hydrogen-bond acceptors (Lipinski definition) is 1. The van der Waals surface area contributed by atoms with Crippen LogP contribution >= 0.6 is 12.4 Å². The quantitative estimate of drug-likeness (QED) is 0.573. The Kier molecular flexibility index (Phi) is 55.0. The molecule has 0 aliphatic heterocycles. The summed E-state index contributed by atoms with van der Waals surface area (Å²) in [6.45, 7) is 12.4. The molecule has 52 valence electrons. The van der Waals surface area contributed by atoms with Gasteiger partial charge in [-0.25, -0.2) is 0 Å². The Labute approximate surface area is 58.6 Å². The summed E-state index contributed by atoms with van der Waals surface area (Å²) in [6.07, 6.45) is 0. The van der Waals surface area contributed by atoms with E-state index in [0.29, 0.717) is 0 Å². The number of halogens is 1. The van der Waals surface area contributed by atoms with Crippen LogP contribution in [0.3, 0.4) is 0 Å². The Morgan fingerprint density at radius 3 is 1.38 bits per heavy atom. The predicted molar refractivity (Wildman–Crippen MR) is 42.7 cm³/mol. The standard InChI is InChI=1S/C4H11N.C2H4.ClH/c1-3-5-4-2;1-2;/h5H,3-4H2,1-2H3;1-2H2;1H. The third-order valence-electron chi connectivity index (χ3n) is 0.500. The SMILES string of the molecule is C=C.CCNCC.Cl. The highest BCUT2D eigenvalue weighted by Gasteiger charge is 1.62. The topological polar surface area (TPSA) is 12.0 Å². The normalized spacial score (nSPS) is 5.75. The van der Waals surface area contributed by atoms with Gasteiger partial charge in [0.1, 0.15) is 0 Å². The molecule has 0 saturated heterocycles. The summed E-state index contributed by atoms with van der Waals surface area (Å²) in [5.74, 6) is 0. The largest absolute Gasteiger partial charge is 0.317 e. The third-order valence-corrected chi connectivity index (χ3v) is 0.500. The average Bonchev–Trinajstić information content (AvgIpc) is 1.75. The van der Waals surface area contributed by atoms with Crippen molar-refractivity contribution in [3.63, 3.8) is 0 Å². The predicted octanol–water partition coefficient (Wildman–Crippen LogP) is 1.84. The molecule has 0 aromatic rings. The Bertz CT molecular complexity index is 22.5.